The van der Waals surface area contributed by atoms with Gasteiger partial charge in [0.05, 0.1) is 18.8 Å². The van der Waals surface area contributed by atoms with E-state index in [0.29, 0.717) is 6.42 Å². The van der Waals surface area contributed by atoms with Gasteiger partial charge in [0, 0.05) is 6.42 Å². The minimum absolute atomic E-state index is 0.0709. The number of aliphatic hydroxyl groups is 2. The van der Waals surface area contributed by atoms with Crippen molar-refractivity contribution in [2.45, 2.75) is 154 Å². The summed E-state index contributed by atoms with van der Waals surface area (Å²) in [5.74, 6) is -0.0709. The molecule has 0 saturated heterocycles. The van der Waals surface area contributed by atoms with Crippen molar-refractivity contribution in [1.82, 2.24) is 5.32 Å². The van der Waals surface area contributed by atoms with Crippen LogP contribution in [-0.2, 0) is 4.79 Å². The third-order valence-electron chi connectivity index (χ3n) is 6.27. The van der Waals surface area contributed by atoms with Crippen LogP contribution >= 0.6 is 0 Å². The highest BCUT2D eigenvalue weighted by Gasteiger charge is 2.17. The van der Waals surface area contributed by atoms with Crippen LogP contribution in [0.3, 0.4) is 0 Å². The largest absolute Gasteiger partial charge is 0.394 e. The molecule has 2 unspecified atom stereocenters. The average Bonchev–Trinajstić information content (AvgIpc) is 2.79. The van der Waals surface area contributed by atoms with Crippen LogP contribution in [0.2, 0.25) is 0 Å². The van der Waals surface area contributed by atoms with Gasteiger partial charge in [-0.2, -0.15) is 0 Å². The highest BCUT2D eigenvalue weighted by atomic mass is 16.3. The van der Waals surface area contributed by atoms with Gasteiger partial charge >= 0.3 is 0 Å². The number of carbonyl (C=O) groups is 1. The van der Waals surface area contributed by atoms with Crippen LogP contribution in [0.5, 0.6) is 0 Å². The van der Waals surface area contributed by atoms with E-state index in [4.69, 9.17) is 0 Å². The van der Waals surface area contributed by atoms with E-state index in [1.807, 2.05) is 6.08 Å². The molecule has 1 amide bonds. The van der Waals surface area contributed by atoms with Gasteiger partial charge in [0.2, 0.25) is 5.91 Å². The Labute approximate surface area is 199 Å². The molecule has 32 heavy (non-hydrogen) atoms. The first-order chi connectivity index (χ1) is 15.7. The fraction of sp³-hybridized carbons (Fsp3) is 0.893. The Balaban J connectivity index is 3.60. The molecule has 2 atom stereocenters. The van der Waals surface area contributed by atoms with Crippen molar-refractivity contribution in [3.05, 3.63) is 12.2 Å². The van der Waals surface area contributed by atoms with Gasteiger partial charge in [-0.05, 0) is 19.3 Å². The van der Waals surface area contributed by atoms with E-state index in [-0.39, 0.29) is 12.5 Å². The van der Waals surface area contributed by atoms with Crippen LogP contribution in [-0.4, -0.2) is 34.9 Å². The molecule has 190 valence electrons. The number of hydrogen-bond acceptors (Lipinski definition) is 3. The number of aliphatic hydroxyl groups excluding tert-OH is 2. The summed E-state index contributed by atoms with van der Waals surface area (Å²) < 4.78 is 0. The molecule has 0 aromatic heterocycles. The van der Waals surface area contributed by atoms with Gasteiger partial charge in [0.15, 0.2) is 0 Å². The Hall–Kier alpha value is -0.870. The lowest BCUT2D eigenvalue weighted by atomic mass is 10.0. The smallest absolute Gasteiger partial charge is 0.220 e. The maximum Gasteiger partial charge on any atom is 0.220 e. The van der Waals surface area contributed by atoms with E-state index in [1.54, 1.807) is 6.08 Å². The van der Waals surface area contributed by atoms with E-state index in [9.17, 15) is 15.0 Å². The van der Waals surface area contributed by atoms with Crippen molar-refractivity contribution in [3.63, 3.8) is 0 Å². The number of allylic oxidation sites excluding steroid dienone is 1. The second-order valence-corrected chi connectivity index (χ2v) is 9.47. The fourth-order valence-corrected chi connectivity index (χ4v) is 4.06. The molecular formula is C28H55NO3. The zero-order valence-corrected chi connectivity index (χ0v) is 21.5. The molecule has 0 rings (SSSR count). The molecule has 0 aromatic carbocycles. The first-order valence-corrected chi connectivity index (χ1v) is 13.9. The predicted molar refractivity (Wildman–Crippen MR) is 138 cm³/mol. The molecule has 0 aliphatic rings. The highest BCUT2D eigenvalue weighted by molar-refractivity contribution is 5.76. The van der Waals surface area contributed by atoms with Crippen molar-refractivity contribution in [3.8, 4) is 0 Å². The van der Waals surface area contributed by atoms with E-state index in [2.05, 4.69) is 19.2 Å². The first kappa shape index (κ1) is 31.1. The van der Waals surface area contributed by atoms with Crippen LogP contribution in [0, 0.1) is 0 Å². The molecule has 0 aliphatic carbocycles. The zero-order valence-electron chi connectivity index (χ0n) is 21.5. The lowest BCUT2D eigenvalue weighted by Crippen LogP contribution is -2.45. The molecule has 0 aliphatic heterocycles. The standard InChI is InChI=1S/C28H55NO3/c1-3-5-7-9-11-12-13-14-15-16-17-18-20-22-24-28(32)29-26(25-30)27(31)23-21-19-10-8-6-4-2/h21,23,26-27,30-31H,3-20,22,24-25H2,1-2H3,(H,29,32)/b23-21+. The minimum Gasteiger partial charge on any atom is -0.394 e. The van der Waals surface area contributed by atoms with E-state index in [0.717, 1.165) is 25.7 Å². The second-order valence-electron chi connectivity index (χ2n) is 9.47. The monoisotopic (exact) mass is 453 g/mol. The average molecular weight is 454 g/mol. The van der Waals surface area contributed by atoms with Crippen LogP contribution in [0.4, 0.5) is 0 Å². The molecule has 4 nitrogen and oxygen atoms in total. The highest BCUT2D eigenvalue weighted by Crippen LogP contribution is 2.13. The molecule has 0 fully saturated rings. The Kier molecular flexibility index (Phi) is 24.1. The van der Waals surface area contributed by atoms with Gasteiger partial charge in [0.1, 0.15) is 0 Å². The summed E-state index contributed by atoms with van der Waals surface area (Å²) >= 11 is 0. The van der Waals surface area contributed by atoms with Crippen molar-refractivity contribution in [2.75, 3.05) is 6.61 Å². The third-order valence-corrected chi connectivity index (χ3v) is 6.27. The number of amides is 1. The van der Waals surface area contributed by atoms with Gasteiger partial charge in [0.25, 0.3) is 0 Å². The van der Waals surface area contributed by atoms with Gasteiger partial charge in [-0.1, -0.05) is 129 Å². The summed E-state index contributed by atoms with van der Waals surface area (Å²) in [6, 6.07) is -0.610. The SMILES string of the molecule is CCCCCC/C=C/C(O)C(CO)NC(=O)CCCCCCCCCCCCCCCC. The maximum atomic E-state index is 12.1. The summed E-state index contributed by atoms with van der Waals surface area (Å²) in [4.78, 5) is 12.1. The molecule has 0 spiro atoms. The maximum absolute atomic E-state index is 12.1. The Morgan fingerprint density at radius 2 is 1.16 bits per heavy atom. The van der Waals surface area contributed by atoms with E-state index < -0.39 is 12.1 Å². The number of rotatable bonds is 24. The summed E-state index contributed by atoms with van der Waals surface area (Å²) in [6.07, 6.45) is 27.2. The molecule has 0 aromatic rings. The first-order valence-electron chi connectivity index (χ1n) is 13.9. The summed E-state index contributed by atoms with van der Waals surface area (Å²) in [6.45, 7) is 4.21. The number of carbonyl (C=O) groups excluding carboxylic acids is 1. The minimum atomic E-state index is -0.827. The molecular weight excluding hydrogens is 398 g/mol. The second kappa shape index (κ2) is 24.8. The van der Waals surface area contributed by atoms with Gasteiger partial charge in [-0.25, -0.2) is 0 Å². The lowest BCUT2D eigenvalue weighted by molar-refractivity contribution is -0.123. The van der Waals surface area contributed by atoms with Crippen LogP contribution in [0.1, 0.15) is 142 Å². The van der Waals surface area contributed by atoms with Crippen molar-refractivity contribution < 1.29 is 15.0 Å². The Bertz CT molecular complexity index is 425. The van der Waals surface area contributed by atoms with Crippen LogP contribution in [0.25, 0.3) is 0 Å². The van der Waals surface area contributed by atoms with E-state index >= 15 is 0 Å². The fourth-order valence-electron chi connectivity index (χ4n) is 4.06. The summed E-state index contributed by atoms with van der Waals surface area (Å²) in [5, 5.41) is 22.5. The molecule has 0 saturated carbocycles. The normalized spacial score (nSPS) is 13.5. The van der Waals surface area contributed by atoms with Crippen molar-refractivity contribution in [2.24, 2.45) is 0 Å². The van der Waals surface area contributed by atoms with Gasteiger partial charge in [-0.15, -0.1) is 0 Å². The van der Waals surface area contributed by atoms with Crippen LogP contribution in [0.15, 0.2) is 12.2 Å². The van der Waals surface area contributed by atoms with Gasteiger partial charge in [-0.3, -0.25) is 4.79 Å². The zero-order chi connectivity index (χ0) is 23.7. The summed E-state index contributed by atoms with van der Waals surface area (Å²) in [5.41, 5.74) is 0. The predicted octanol–water partition coefficient (Wildman–Crippen LogP) is 7.22. The quantitative estimate of drug-likeness (QED) is 0.107. The Morgan fingerprint density at radius 1 is 0.719 bits per heavy atom. The number of unbranched alkanes of at least 4 members (excludes halogenated alkanes) is 17. The topological polar surface area (TPSA) is 69.6 Å². The summed E-state index contributed by atoms with van der Waals surface area (Å²) in [7, 11) is 0. The number of hydrogen-bond donors (Lipinski definition) is 3. The Morgan fingerprint density at radius 3 is 1.62 bits per heavy atom. The lowest BCUT2D eigenvalue weighted by Gasteiger charge is -2.20. The van der Waals surface area contributed by atoms with Crippen LogP contribution < -0.4 is 5.32 Å². The molecule has 0 heterocycles. The van der Waals surface area contributed by atoms with E-state index in [1.165, 1.54) is 96.3 Å². The molecule has 0 bridgehead atoms. The molecule has 0 radical (unpaired) electrons. The van der Waals surface area contributed by atoms with Gasteiger partial charge < -0.3 is 15.5 Å². The number of nitrogens with one attached hydrogen (secondary N) is 1. The molecule has 3 N–H and O–H groups in total. The van der Waals surface area contributed by atoms with Crippen molar-refractivity contribution >= 4 is 5.91 Å². The molecule has 4 heteroatoms. The van der Waals surface area contributed by atoms with Crippen molar-refractivity contribution in [1.29, 1.82) is 0 Å². The third kappa shape index (κ3) is 21.0.